The van der Waals surface area contributed by atoms with Crippen LogP contribution in [0.15, 0.2) is 22.9 Å². The molecule has 5 heteroatoms. The molecule has 0 aromatic heterocycles. The van der Waals surface area contributed by atoms with E-state index in [1.165, 1.54) is 13.0 Å². The Kier molecular flexibility index (Phi) is 3.54. The monoisotopic (exact) mass is 190 g/mol. The molecule has 0 fully saturated rings. The van der Waals surface area contributed by atoms with E-state index in [0.717, 1.165) is 13.0 Å². The molecule has 13 heavy (non-hydrogen) atoms. The van der Waals surface area contributed by atoms with E-state index in [0.29, 0.717) is 0 Å². The molecule has 0 aromatic carbocycles. The van der Waals surface area contributed by atoms with Gasteiger partial charge < -0.3 is 5.73 Å². The number of allylic oxidation sites excluding steroid dienone is 4. The Labute approximate surface area is 74.1 Å². The van der Waals surface area contributed by atoms with Gasteiger partial charge in [0, 0.05) is 11.3 Å². The first-order chi connectivity index (χ1) is 5.79. The van der Waals surface area contributed by atoms with Crippen LogP contribution in [0.4, 0.5) is 13.2 Å². The molecule has 0 heterocycles. The lowest BCUT2D eigenvalue weighted by Crippen LogP contribution is -2.13. The van der Waals surface area contributed by atoms with Crippen molar-refractivity contribution in [3.05, 3.63) is 22.9 Å². The molecule has 0 aliphatic carbocycles. The first-order valence-corrected chi connectivity index (χ1v) is 3.41. The van der Waals surface area contributed by atoms with Crippen LogP contribution in [0.2, 0.25) is 0 Å². The van der Waals surface area contributed by atoms with Gasteiger partial charge in [-0.1, -0.05) is 0 Å². The summed E-state index contributed by atoms with van der Waals surface area (Å²) in [7, 11) is 0. The zero-order chi connectivity index (χ0) is 10.6. The second-order valence-electron chi connectivity index (χ2n) is 2.54. The Balaban J connectivity index is 5.29. The molecule has 0 aromatic rings. The van der Waals surface area contributed by atoms with Gasteiger partial charge in [0.1, 0.15) is 0 Å². The number of alkyl halides is 3. The van der Waals surface area contributed by atoms with Crippen LogP contribution in [-0.2, 0) is 0 Å². The number of rotatable bonds is 1. The second-order valence-corrected chi connectivity index (χ2v) is 2.54. The highest BCUT2D eigenvalue weighted by Crippen LogP contribution is 2.29. The number of halogens is 3. The van der Waals surface area contributed by atoms with Crippen LogP contribution in [0.1, 0.15) is 13.8 Å². The van der Waals surface area contributed by atoms with Crippen LogP contribution in [-0.4, -0.2) is 6.18 Å². The molecule has 0 amide bonds. The van der Waals surface area contributed by atoms with Gasteiger partial charge in [-0.3, -0.25) is 0 Å². The minimum absolute atomic E-state index is 0.0157. The van der Waals surface area contributed by atoms with Gasteiger partial charge in [-0.05, 0) is 19.9 Å². The van der Waals surface area contributed by atoms with E-state index in [1.807, 2.05) is 0 Å². The molecule has 0 unspecified atom stereocenters. The fourth-order valence-corrected chi connectivity index (χ4v) is 0.691. The molecule has 2 nitrogen and oxygen atoms in total. The Morgan fingerprint density at radius 3 is 2.08 bits per heavy atom. The third-order valence-corrected chi connectivity index (χ3v) is 1.25. The molecular formula is C8H9F3N2. The van der Waals surface area contributed by atoms with E-state index in [2.05, 4.69) is 0 Å². The molecule has 0 aliphatic rings. The molecule has 0 radical (unpaired) electrons. The summed E-state index contributed by atoms with van der Waals surface area (Å²) in [5.41, 5.74) is 3.73. The summed E-state index contributed by atoms with van der Waals surface area (Å²) in [5.74, 6) is 0. The van der Waals surface area contributed by atoms with E-state index in [-0.39, 0.29) is 5.70 Å². The molecule has 0 atom stereocenters. The van der Waals surface area contributed by atoms with Gasteiger partial charge in [0.05, 0.1) is 11.6 Å². The lowest BCUT2D eigenvalue weighted by molar-refractivity contribution is -0.0888. The quantitative estimate of drug-likeness (QED) is 0.509. The highest BCUT2D eigenvalue weighted by atomic mass is 19.4. The number of hydrogen-bond donors (Lipinski definition) is 1. The predicted molar refractivity (Wildman–Crippen MR) is 42.3 cm³/mol. The number of nitrogens with zero attached hydrogens (tertiary/aromatic N) is 1. The van der Waals surface area contributed by atoms with Gasteiger partial charge >= 0.3 is 6.18 Å². The fraction of sp³-hybridized carbons (Fsp3) is 0.375. The summed E-state index contributed by atoms with van der Waals surface area (Å²) < 4.78 is 36.6. The Bertz CT molecular complexity index is 287. The minimum Gasteiger partial charge on any atom is -0.402 e. The average Bonchev–Trinajstić information content (AvgIpc) is 1.96. The molecule has 0 aliphatic heterocycles. The van der Waals surface area contributed by atoms with Crippen molar-refractivity contribution in [3.63, 3.8) is 0 Å². The van der Waals surface area contributed by atoms with Crippen LogP contribution < -0.4 is 5.73 Å². The van der Waals surface area contributed by atoms with E-state index in [9.17, 15) is 13.2 Å². The fourth-order valence-electron chi connectivity index (χ4n) is 0.691. The Hall–Kier alpha value is -1.44. The van der Waals surface area contributed by atoms with Crippen molar-refractivity contribution in [2.24, 2.45) is 5.73 Å². The van der Waals surface area contributed by atoms with Crippen molar-refractivity contribution in [2.75, 3.05) is 0 Å². The molecule has 0 bridgehead atoms. The van der Waals surface area contributed by atoms with Crippen LogP contribution in [0.3, 0.4) is 0 Å². The van der Waals surface area contributed by atoms with E-state index < -0.39 is 17.3 Å². The van der Waals surface area contributed by atoms with Gasteiger partial charge in [-0.25, -0.2) is 0 Å². The summed E-state index contributed by atoms with van der Waals surface area (Å²) in [6, 6.07) is 1.44. The number of hydrogen-bond acceptors (Lipinski definition) is 2. The first-order valence-electron chi connectivity index (χ1n) is 3.41. The molecule has 72 valence electrons. The lowest BCUT2D eigenvalue weighted by Gasteiger charge is -2.08. The van der Waals surface area contributed by atoms with Crippen LogP contribution in [0, 0.1) is 11.3 Å². The highest BCUT2D eigenvalue weighted by Gasteiger charge is 2.33. The molecule has 0 spiro atoms. The first kappa shape index (κ1) is 11.6. The molecular weight excluding hydrogens is 181 g/mol. The summed E-state index contributed by atoms with van der Waals surface area (Å²) >= 11 is 0. The van der Waals surface area contributed by atoms with Gasteiger partial charge in [-0.15, -0.1) is 0 Å². The van der Waals surface area contributed by atoms with Gasteiger partial charge in [-0.2, -0.15) is 18.4 Å². The van der Waals surface area contributed by atoms with Crippen molar-refractivity contribution in [1.82, 2.24) is 0 Å². The van der Waals surface area contributed by atoms with Crippen molar-refractivity contribution < 1.29 is 13.2 Å². The SMILES string of the molecule is C/C(C#N)=C(\C=C(/C)N)C(F)(F)F. The average molecular weight is 190 g/mol. The third-order valence-electron chi connectivity index (χ3n) is 1.25. The van der Waals surface area contributed by atoms with Crippen molar-refractivity contribution >= 4 is 0 Å². The zero-order valence-electron chi connectivity index (χ0n) is 7.24. The topological polar surface area (TPSA) is 49.8 Å². The van der Waals surface area contributed by atoms with E-state index in [1.54, 1.807) is 0 Å². The predicted octanol–water partition coefficient (Wildman–Crippen LogP) is 2.25. The largest absolute Gasteiger partial charge is 0.417 e. The Morgan fingerprint density at radius 2 is 1.85 bits per heavy atom. The van der Waals surface area contributed by atoms with E-state index in [4.69, 9.17) is 11.0 Å². The van der Waals surface area contributed by atoms with E-state index >= 15 is 0 Å². The van der Waals surface area contributed by atoms with Crippen LogP contribution in [0.5, 0.6) is 0 Å². The highest BCUT2D eigenvalue weighted by molar-refractivity contribution is 5.37. The van der Waals surface area contributed by atoms with Crippen LogP contribution in [0.25, 0.3) is 0 Å². The molecule has 2 N–H and O–H groups in total. The second kappa shape index (κ2) is 3.99. The smallest absolute Gasteiger partial charge is 0.402 e. The van der Waals surface area contributed by atoms with Crippen molar-refractivity contribution in [1.29, 1.82) is 5.26 Å². The maximum absolute atomic E-state index is 12.2. The molecule has 0 rings (SSSR count). The molecule has 0 saturated carbocycles. The maximum Gasteiger partial charge on any atom is 0.417 e. The van der Waals surface area contributed by atoms with Gasteiger partial charge in [0.15, 0.2) is 0 Å². The van der Waals surface area contributed by atoms with Crippen molar-refractivity contribution in [2.45, 2.75) is 20.0 Å². The summed E-state index contributed by atoms with van der Waals surface area (Å²) in [4.78, 5) is 0. The normalized spacial score (nSPS) is 14.9. The lowest BCUT2D eigenvalue weighted by atomic mass is 10.1. The van der Waals surface area contributed by atoms with Gasteiger partial charge in [0.25, 0.3) is 0 Å². The number of nitriles is 1. The van der Waals surface area contributed by atoms with Crippen molar-refractivity contribution in [3.8, 4) is 6.07 Å². The summed E-state index contributed by atoms with van der Waals surface area (Å²) in [6.45, 7) is 2.43. The Morgan fingerprint density at radius 1 is 1.38 bits per heavy atom. The minimum atomic E-state index is -4.53. The van der Waals surface area contributed by atoms with Crippen LogP contribution >= 0.6 is 0 Å². The van der Waals surface area contributed by atoms with Gasteiger partial charge in [0.2, 0.25) is 0 Å². The third kappa shape index (κ3) is 3.65. The zero-order valence-corrected chi connectivity index (χ0v) is 7.24. The molecule has 0 saturated heterocycles. The standard InChI is InChI=1S/C8H9F3N2/c1-5(4-12)7(3-6(2)13)8(9,10)11/h3H,13H2,1-2H3/b6-3+,7-5-. The summed E-state index contributed by atoms with van der Waals surface area (Å²) in [5, 5.41) is 8.30. The summed E-state index contributed by atoms with van der Waals surface area (Å²) in [6.07, 6.45) is -3.78. The maximum atomic E-state index is 12.2. The number of nitrogens with two attached hydrogens (primary N) is 1.